The molecule has 0 fully saturated rings. The highest BCUT2D eigenvalue weighted by Crippen LogP contribution is 2.22. The molecule has 0 unspecified atom stereocenters. The SMILES string of the molecule is CCN(CC)Cc1ccccc1-c1nc2ccccc2c(=O)[nH]1. The first-order valence-electron chi connectivity index (χ1n) is 8.02. The number of hydrogen-bond acceptors (Lipinski definition) is 3. The van der Waals surface area contributed by atoms with Crippen molar-refractivity contribution in [1.82, 2.24) is 14.9 Å². The molecule has 0 saturated heterocycles. The third-order valence-electron chi connectivity index (χ3n) is 4.17. The van der Waals surface area contributed by atoms with Crippen molar-refractivity contribution in [3.63, 3.8) is 0 Å². The number of aromatic amines is 1. The Morgan fingerprint density at radius 1 is 1.00 bits per heavy atom. The van der Waals surface area contributed by atoms with Gasteiger partial charge in [-0.3, -0.25) is 9.69 Å². The number of nitrogens with one attached hydrogen (secondary N) is 1. The van der Waals surface area contributed by atoms with E-state index in [9.17, 15) is 4.79 Å². The molecule has 3 aromatic rings. The van der Waals surface area contributed by atoms with Gasteiger partial charge in [-0.05, 0) is 30.8 Å². The van der Waals surface area contributed by atoms with Crippen LogP contribution in [0.1, 0.15) is 19.4 Å². The van der Waals surface area contributed by atoms with Crippen LogP contribution in [0, 0.1) is 0 Å². The second kappa shape index (κ2) is 6.75. The standard InChI is InChI=1S/C19H21N3O/c1-3-22(4-2)13-14-9-5-6-10-15(14)18-20-17-12-8-7-11-16(17)19(23)21-18/h5-12H,3-4,13H2,1-2H3,(H,20,21,23). The van der Waals surface area contributed by atoms with Gasteiger partial charge in [0, 0.05) is 12.1 Å². The van der Waals surface area contributed by atoms with E-state index >= 15 is 0 Å². The Balaban J connectivity index is 2.10. The number of hydrogen-bond donors (Lipinski definition) is 1. The molecule has 1 aromatic heterocycles. The van der Waals surface area contributed by atoms with Gasteiger partial charge in [0.25, 0.3) is 5.56 Å². The van der Waals surface area contributed by atoms with E-state index in [2.05, 4.69) is 34.8 Å². The smallest absolute Gasteiger partial charge is 0.259 e. The van der Waals surface area contributed by atoms with Crippen LogP contribution < -0.4 is 5.56 Å². The van der Waals surface area contributed by atoms with Crippen molar-refractivity contribution in [2.75, 3.05) is 13.1 Å². The average Bonchev–Trinajstić information content (AvgIpc) is 2.60. The van der Waals surface area contributed by atoms with Crippen molar-refractivity contribution >= 4 is 10.9 Å². The summed E-state index contributed by atoms with van der Waals surface area (Å²) in [5.74, 6) is 0.636. The van der Waals surface area contributed by atoms with Crippen LogP contribution in [-0.2, 0) is 6.54 Å². The van der Waals surface area contributed by atoms with Gasteiger partial charge in [0.1, 0.15) is 5.82 Å². The predicted molar refractivity (Wildman–Crippen MR) is 94.4 cm³/mol. The van der Waals surface area contributed by atoms with Gasteiger partial charge in [0.2, 0.25) is 0 Å². The molecule has 3 rings (SSSR count). The van der Waals surface area contributed by atoms with E-state index in [1.165, 1.54) is 5.56 Å². The minimum absolute atomic E-state index is 0.0942. The molecule has 118 valence electrons. The van der Waals surface area contributed by atoms with Gasteiger partial charge in [-0.1, -0.05) is 50.2 Å². The van der Waals surface area contributed by atoms with E-state index in [1.807, 2.05) is 36.4 Å². The molecule has 0 aliphatic carbocycles. The van der Waals surface area contributed by atoms with E-state index in [0.29, 0.717) is 11.2 Å². The number of nitrogens with zero attached hydrogens (tertiary/aromatic N) is 2. The van der Waals surface area contributed by atoms with Crippen LogP contribution in [-0.4, -0.2) is 28.0 Å². The van der Waals surface area contributed by atoms with Gasteiger partial charge in [0.05, 0.1) is 10.9 Å². The zero-order valence-electron chi connectivity index (χ0n) is 13.5. The zero-order valence-corrected chi connectivity index (χ0v) is 13.5. The molecular formula is C19H21N3O. The summed E-state index contributed by atoms with van der Waals surface area (Å²) in [5.41, 5.74) is 2.80. The van der Waals surface area contributed by atoms with E-state index in [-0.39, 0.29) is 5.56 Å². The van der Waals surface area contributed by atoms with E-state index in [4.69, 9.17) is 0 Å². The van der Waals surface area contributed by atoms with E-state index in [0.717, 1.165) is 30.7 Å². The van der Waals surface area contributed by atoms with Gasteiger partial charge in [-0.15, -0.1) is 0 Å². The van der Waals surface area contributed by atoms with Gasteiger partial charge in [0.15, 0.2) is 0 Å². The monoisotopic (exact) mass is 307 g/mol. The molecule has 0 atom stereocenters. The van der Waals surface area contributed by atoms with Gasteiger partial charge in [-0.25, -0.2) is 4.98 Å². The molecule has 0 bridgehead atoms. The van der Waals surface area contributed by atoms with Crippen molar-refractivity contribution in [1.29, 1.82) is 0 Å². The molecule has 0 aliphatic heterocycles. The van der Waals surface area contributed by atoms with Crippen LogP contribution in [0.3, 0.4) is 0 Å². The second-order valence-corrected chi connectivity index (χ2v) is 5.55. The molecule has 2 aromatic carbocycles. The summed E-state index contributed by atoms with van der Waals surface area (Å²) in [4.78, 5) is 22.2. The van der Waals surface area contributed by atoms with Crippen molar-refractivity contribution in [2.45, 2.75) is 20.4 Å². The summed E-state index contributed by atoms with van der Waals surface area (Å²) in [6.07, 6.45) is 0. The lowest BCUT2D eigenvalue weighted by atomic mass is 10.1. The van der Waals surface area contributed by atoms with Gasteiger partial charge in [-0.2, -0.15) is 0 Å². The van der Waals surface area contributed by atoms with Crippen molar-refractivity contribution in [3.8, 4) is 11.4 Å². The number of para-hydroxylation sites is 1. The summed E-state index contributed by atoms with van der Waals surface area (Å²) >= 11 is 0. The number of benzene rings is 2. The van der Waals surface area contributed by atoms with Crippen LogP contribution in [0.2, 0.25) is 0 Å². The zero-order chi connectivity index (χ0) is 16.2. The molecule has 1 heterocycles. The molecule has 0 spiro atoms. The number of aromatic nitrogens is 2. The maximum Gasteiger partial charge on any atom is 0.259 e. The first-order valence-corrected chi connectivity index (χ1v) is 8.02. The minimum Gasteiger partial charge on any atom is -0.306 e. The van der Waals surface area contributed by atoms with E-state index in [1.54, 1.807) is 6.07 Å². The Labute approximate surface area is 135 Å². The number of rotatable bonds is 5. The molecule has 4 nitrogen and oxygen atoms in total. The van der Waals surface area contributed by atoms with Crippen molar-refractivity contribution < 1.29 is 0 Å². The Bertz CT molecular complexity index is 866. The normalized spacial score (nSPS) is 11.3. The van der Waals surface area contributed by atoms with Crippen molar-refractivity contribution in [2.24, 2.45) is 0 Å². The van der Waals surface area contributed by atoms with Crippen LogP contribution in [0.4, 0.5) is 0 Å². The topological polar surface area (TPSA) is 49.0 Å². The highest BCUT2D eigenvalue weighted by Gasteiger charge is 2.11. The Kier molecular flexibility index (Phi) is 4.53. The molecule has 0 aliphatic rings. The van der Waals surface area contributed by atoms with Gasteiger partial charge >= 0.3 is 0 Å². The van der Waals surface area contributed by atoms with Crippen LogP contribution in [0.15, 0.2) is 53.3 Å². The van der Waals surface area contributed by atoms with Crippen LogP contribution in [0.5, 0.6) is 0 Å². The highest BCUT2D eigenvalue weighted by atomic mass is 16.1. The molecule has 0 saturated carbocycles. The quantitative estimate of drug-likeness (QED) is 0.785. The Hall–Kier alpha value is -2.46. The summed E-state index contributed by atoms with van der Waals surface area (Å²) in [6.45, 7) is 7.14. The summed E-state index contributed by atoms with van der Waals surface area (Å²) in [5, 5.41) is 0.623. The molecule has 1 N–H and O–H groups in total. The minimum atomic E-state index is -0.0942. The van der Waals surface area contributed by atoms with Crippen LogP contribution in [0.25, 0.3) is 22.3 Å². The third-order valence-corrected chi connectivity index (χ3v) is 4.17. The Morgan fingerprint density at radius 2 is 1.70 bits per heavy atom. The molecule has 23 heavy (non-hydrogen) atoms. The molecule has 4 heteroatoms. The molecular weight excluding hydrogens is 286 g/mol. The van der Waals surface area contributed by atoms with Crippen molar-refractivity contribution in [3.05, 3.63) is 64.4 Å². The number of fused-ring (bicyclic) bond motifs is 1. The highest BCUT2D eigenvalue weighted by molar-refractivity contribution is 5.79. The summed E-state index contributed by atoms with van der Waals surface area (Å²) in [6, 6.07) is 15.6. The first-order chi connectivity index (χ1) is 11.2. The average molecular weight is 307 g/mol. The maximum atomic E-state index is 12.3. The van der Waals surface area contributed by atoms with Crippen LogP contribution >= 0.6 is 0 Å². The maximum absolute atomic E-state index is 12.3. The number of H-pyrrole nitrogens is 1. The summed E-state index contributed by atoms with van der Waals surface area (Å²) < 4.78 is 0. The fraction of sp³-hybridized carbons (Fsp3) is 0.263. The lowest BCUT2D eigenvalue weighted by Gasteiger charge is -2.19. The second-order valence-electron chi connectivity index (χ2n) is 5.55. The fourth-order valence-electron chi connectivity index (χ4n) is 2.79. The summed E-state index contributed by atoms with van der Waals surface area (Å²) in [7, 11) is 0. The third kappa shape index (κ3) is 3.17. The molecule has 0 amide bonds. The lowest BCUT2D eigenvalue weighted by molar-refractivity contribution is 0.296. The largest absolute Gasteiger partial charge is 0.306 e. The van der Waals surface area contributed by atoms with E-state index < -0.39 is 0 Å². The molecule has 0 radical (unpaired) electrons. The Morgan fingerprint density at radius 3 is 2.48 bits per heavy atom. The first kappa shape index (κ1) is 15.4. The predicted octanol–water partition coefficient (Wildman–Crippen LogP) is 3.43. The lowest BCUT2D eigenvalue weighted by Crippen LogP contribution is -2.22. The fourth-order valence-corrected chi connectivity index (χ4v) is 2.79. The van der Waals surface area contributed by atoms with Gasteiger partial charge < -0.3 is 4.98 Å².